The van der Waals surface area contributed by atoms with Gasteiger partial charge in [0.15, 0.2) is 5.57 Å². The fraction of sp³-hybridized carbons (Fsp3) is 0.636. The Labute approximate surface area is 94.0 Å². The summed E-state index contributed by atoms with van der Waals surface area (Å²) in [5.41, 5.74) is 0.782. The van der Waals surface area contributed by atoms with Gasteiger partial charge in [0.05, 0.1) is 0 Å². The number of carbonyl (C=O) groups is 2. The van der Waals surface area contributed by atoms with Crippen LogP contribution in [0, 0.1) is 0 Å². The number of ether oxygens (including phenoxy) is 2. The van der Waals surface area contributed by atoms with E-state index in [0.29, 0.717) is 0 Å². The van der Waals surface area contributed by atoms with Crippen LogP contribution >= 0.6 is 0 Å². The molecule has 0 spiro atoms. The van der Waals surface area contributed by atoms with Gasteiger partial charge in [0.1, 0.15) is 0 Å². The second-order valence-electron chi connectivity index (χ2n) is 4.53. The average molecular weight is 225 g/mol. The highest BCUT2D eigenvalue weighted by molar-refractivity contribution is 6.16. The third-order valence-corrected chi connectivity index (χ3v) is 2.74. The number of allylic oxidation sites excluding steroid dienone is 1. The second-order valence-corrected chi connectivity index (χ2v) is 4.53. The minimum Gasteiger partial charge on any atom is -0.419 e. The van der Waals surface area contributed by atoms with E-state index in [0.717, 1.165) is 25.1 Å². The molecule has 0 aliphatic carbocycles. The lowest BCUT2D eigenvalue weighted by Gasteiger charge is -2.31. The first-order valence-electron chi connectivity index (χ1n) is 5.32. The number of nitrogens with zero attached hydrogens (tertiary/aromatic N) is 1. The molecular formula is C11H15NO4. The monoisotopic (exact) mass is 225 g/mol. The SMILES string of the molecule is CN1CCCC1=C1C(=O)OC(C)(C)OC1=O. The fourth-order valence-electron chi connectivity index (χ4n) is 2.01. The summed E-state index contributed by atoms with van der Waals surface area (Å²) in [6.45, 7) is 3.94. The van der Waals surface area contributed by atoms with Crippen molar-refractivity contribution in [2.45, 2.75) is 32.5 Å². The number of rotatable bonds is 0. The molecule has 2 aliphatic heterocycles. The largest absolute Gasteiger partial charge is 0.419 e. The highest BCUT2D eigenvalue weighted by Gasteiger charge is 2.41. The molecule has 2 saturated heterocycles. The molecule has 0 aromatic heterocycles. The van der Waals surface area contributed by atoms with Gasteiger partial charge in [0, 0.05) is 33.1 Å². The zero-order chi connectivity index (χ0) is 11.9. The molecule has 2 heterocycles. The van der Waals surface area contributed by atoms with Gasteiger partial charge in [-0.15, -0.1) is 0 Å². The van der Waals surface area contributed by atoms with Crippen LogP contribution in [0.25, 0.3) is 0 Å². The lowest BCUT2D eigenvalue weighted by atomic mass is 10.1. The first-order valence-corrected chi connectivity index (χ1v) is 5.32. The van der Waals surface area contributed by atoms with E-state index in [1.54, 1.807) is 13.8 Å². The van der Waals surface area contributed by atoms with E-state index in [2.05, 4.69) is 0 Å². The van der Waals surface area contributed by atoms with Crippen molar-refractivity contribution in [1.82, 2.24) is 4.90 Å². The van der Waals surface area contributed by atoms with Crippen molar-refractivity contribution in [1.29, 1.82) is 0 Å². The lowest BCUT2D eigenvalue weighted by molar-refractivity contribution is -0.222. The third-order valence-electron chi connectivity index (χ3n) is 2.74. The Morgan fingerprint density at radius 3 is 2.19 bits per heavy atom. The van der Waals surface area contributed by atoms with Crippen LogP contribution in [-0.2, 0) is 19.1 Å². The maximum absolute atomic E-state index is 11.7. The summed E-state index contributed by atoms with van der Waals surface area (Å²) in [5, 5.41) is 0. The minimum absolute atomic E-state index is 0.0549. The summed E-state index contributed by atoms with van der Waals surface area (Å²) in [6, 6.07) is 0. The summed E-state index contributed by atoms with van der Waals surface area (Å²) < 4.78 is 10.1. The summed E-state index contributed by atoms with van der Waals surface area (Å²) >= 11 is 0. The number of carbonyl (C=O) groups excluding carboxylic acids is 2. The van der Waals surface area contributed by atoms with Gasteiger partial charge in [-0.2, -0.15) is 0 Å². The Hall–Kier alpha value is -1.52. The molecule has 0 N–H and O–H groups in total. The first-order chi connectivity index (χ1) is 7.41. The molecule has 16 heavy (non-hydrogen) atoms. The Bertz CT molecular complexity index is 361. The zero-order valence-corrected chi connectivity index (χ0v) is 9.70. The molecule has 5 heteroatoms. The second kappa shape index (κ2) is 3.50. The van der Waals surface area contributed by atoms with Crippen LogP contribution in [0.15, 0.2) is 11.3 Å². The smallest absolute Gasteiger partial charge is 0.350 e. The van der Waals surface area contributed by atoms with Gasteiger partial charge in [-0.3, -0.25) is 0 Å². The highest BCUT2D eigenvalue weighted by atomic mass is 16.7. The molecule has 0 atom stereocenters. The normalized spacial score (nSPS) is 24.6. The maximum Gasteiger partial charge on any atom is 0.350 e. The van der Waals surface area contributed by atoms with Crippen molar-refractivity contribution >= 4 is 11.9 Å². The molecule has 0 aromatic rings. The molecule has 0 aromatic carbocycles. The predicted octanol–water partition coefficient (Wildman–Crippen LogP) is 0.802. The topological polar surface area (TPSA) is 55.8 Å². The molecule has 0 bridgehead atoms. The van der Waals surface area contributed by atoms with Crippen molar-refractivity contribution in [2.75, 3.05) is 13.6 Å². The number of hydrogen-bond donors (Lipinski definition) is 0. The molecule has 0 saturated carbocycles. The van der Waals surface area contributed by atoms with Crippen LogP contribution < -0.4 is 0 Å². The highest BCUT2D eigenvalue weighted by Crippen LogP contribution is 2.29. The first kappa shape index (κ1) is 11.0. The Morgan fingerprint density at radius 2 is 1.75 bits per heavy atom. The number of cyclic esters (lactones) is 2. The van der Waals surface area contributed by atoms with Gasteiger partial charge in [-0.1, -0.05) is 0 Å². The molecule has 2 fully saturated rings. The Balaban J connectivity index is 2.36. The van der Waals surface area contributed by atoms with Crippen molar-refractivity contribution < 1.29 is 19.1 Å². The van der Waals surface area contributed by atoms with Crippen molar-refractivity contribution in [3.05, 3.63) is 11.3 Å². The summed E-state index contributed by atoms with van der Waals surface area (Å²) in [7, 11) is 1.86. The van der Waals surface area contributed by atoms with E-state index in [4.69, 9.17) is 9.47 Å². The molecule has 0 amide bonds. The molecule has 0 unspecified atom stereocenters. The molecule has 2 rings (SSSR count). The molecular weight excluding hydrogens is 210 g/mol. The predicted molar refractivity (Wildman–Crippen MR) is 55.2 cm³/mol. The molecule has 5 nitrogen and oxygen atoms in total. The van der Waals surface area contributed by atoms with E-state index in [-0.39, 0.29) is 5.57 Å². The summed E-state index contributed by atoms with van der Waals surface area (Å²) in [5.74, 6) is -2.31. The van der Waals surface area contributed by atoms with Crippen LogP contribution in [0.2, 0.25) is 0 Å². The fourth-order valence-corrected chi connectivity index (χ4v) is 2.01. The maximum atomic E-state index is 11.7. The molecule has 88 valence electrons. The number of esters is 2. The van der Waals surface area contributed by atoms with Gasteiger partial charge >= 0.3 is 11.9 Å². The van der Waals surface area contributed by atoms with Gasteiger partial charge in [-0.25, -0.2) is 9.59 Å². The van der Waals surface area contributed by atoms with Gasteiger partial charge < -0.3 is 14.4 Å². The van der Waals surface area contributed by atoms with Crippen LogP contribution in [0.5, 0.6) is 0 Å². The van der Waals surface area contributed by atoms with Crippen LogP contribution in [-0.4, -0.2) is 36.2 Å². The summed E-state index contributed by atoms with van der Waals surface area (Å²) in [6.07, 6.45) is 1.66. The van der Waals surface area contributed by atoms with Crippen LogP contribution in [0.1, 0.15) is 26.7 Å². The van der Waals surface area contributed by atoms with Gasteiger partial charge in [0.2, 0.25) is 0 Å². The molecule has 0 radical (unpaired) electrons. The third kappa shape index (κ3) is 1.77. The van der Waals surface area contributed by atoms with E-state index in [1.165, 1.54) is 0 Å². The van der Waals surface area contributed by atoms with E-state index < -0.39 is 17.7 Å². The Morgan fingerprint density at radius 1 is 1.19 bits per heavy atom. The average Bonchev–Trinajstić information content (AvgIpc) is 2.48. The van der Waals surface area contributed by atoms with Crippen molar-refractivity contribution in [3.8, 4) is 0 Å². The van der Waals surface area contributed by atoms with Gasteiger partial charge in [-0.05, 0) is 12.8 Å². The van der Waals surface area contributed by atoms with E-state index in [9.17, 15) is 9.59 Å². The number of hydrogen-bond acceptors (Lipinski definition) is 5. The minimum atomic E-state index is -1.16. The zero-order valence-electron chi connectivity index (χ0n) is 9.70. The molecule has 2 aliphatic rings. The number of likely N-dealkylation sites (tertiary alicyclic amines) is 1. The van der Waals surface area contributed by atoms with E-state index in [1.807, 2.05) is 11.9 Å². The standard InChI is InChI=1S/C11H15NO4/c1-11(2)15-9(13)8(10(14)16-11)7-5-4-6-12(7)3/h4-6H2,1-3H3. The van der Waals surface area contributed by atoms with Crippen LogP contribution in [0.4, 0.5) is 0 Å². The van der Waals surface area contributed by atoms with Crippen molar-refractivity contribution in [3.63, 3.8) is 0 Å². The van der Waals surface area contributed by atoms with Crippen molar-refractivity contribution in [2.24, 2.45) is 0 Å². The van der Waals surface area contributed by atoms with E-state index >= 15 is 0 Å². The lowest BCUT2D eigenvalue weighted by Crippen LogP contribution is -2.43. The quantitative estimate of drug-likeness (QED) is 0.347. The Kier molecular flexibility index (Phi) is 2.40. The van der Waals surface area contributed by atoms with Crippen LogP contribution in [0.3, 0.4) is 0 Å². The van der Waals surface area contributed by atoms with Gasteiger partial charge in [0.25, 0.3) is 5.79 Å². The summed E-state index contributed by atoms with van der Waals surface area (Å²) in [4.78, 5) is 25.4.